The molecule has 0 aliphatic carbocycles. The lowest BCUT2D eigenvalue weighted by Crippen LogP contribution is -2.51. The molecule has 0 radical (unpaired) electrons. The molecule has 1 heterocycles. The van der Waals surface area contributed by atoms with E-state index in [9.17, 15) is 4.79 Å². The Bertz CT molecular complexity index is 432. The van der Waals surface area contributed by atoms with Crippen LogP contribution < -0.4 is 5.32 Å². The number of likely N-dealkylation sites (N-methyl/N-ethyl adjacent to an activating group) is 1. The maximum atomic E-state index is 12.4. The summed E-state index contributed by atoms with van der Waals surface area (Å²) in [5.74, 6) is 0.594. The van der Waals surface area contributed by atoms with E-state index in [2.05, 4.69) is 12.2 Å². The lowest BCUT2D eigenvalue weighted by molar-refractivity contribution is -0.134. The summed E-state index contributed by atoms with van der Waals surface area (Å²) in [6, 6.07) is 7.60. The molecule has 1 aliphatic heterocycles. The van der Waals surface area contributed by atoms with Gasteiger partial charge in [0.05, 0.1) is 6.04 Å². The highest BCUT2D eigenvalue weighted by molar-refractivity contribution is 6.30. The van der Waals surface area contributed by atoms with Crippen LogP contribution in [0.1, 0.15) is 25.3 Å². The van der Waals surface area contributed by atoms with Gasteiger partial charge in [0.2, 0.25) is 5.91 Å². The number of nitrogens with zero attached hydrogens (tertiary/aromatic N) is 1. The van der Waals surface area contributed by atoms with Crippen molar-refractivity contribution in [2.24, 2.45) is 5.92 Å². The number of amides is 1. The summed E-state index contributed by atoms with van der Waals surface area (Å²) in [4.78, 5) is 14.2. The van der Waals surface area contributed by atoms with Gasteiger partial charge in [-0.25, -0.2) is 0 Å². The Kier molecular flexibility index (Phi) is 4.83. The molecule has 1 saturated heterocycles. The van der Waals surface area contributed by atoms with Gasteiger partial charge in [0.1, 0.15) is 0 Å². The molecule has 2 unspecified atom stereocenters. The van der Waals surface area contributed by atoms with E-state index < -0.39 is 0 Å². The lowest BCUT2D eigenvalue weighted by atomic mass is 9.92. The van der Waals surface area contributed by atoms with E-state index in [1.165, 1.54) is 0 Å². The largest absolute Gasteiger partial charge is 0.340 e. The molecule has 1 amide bonds. The van der Waals surface area contributed by atoms with Crippen LogP contribution in [0.4, 0.5) is 0 Å². The predicted octanol–water partition coefficient (Wildman–Crippen LogP) is 2.69. The van der Waals surface area contributed by atoms with Gasteiger partial charge in [-0.05, 0) is 43.0 Å². The summed E-state index contributed by atoms with van der Waals surface area (Å²) < 4.78 is 0. The fraction of sp³-hybridized carbons (Fsp3) is 0.533. The summed E-state index contributed by atoms with van der Waals surface area (Å²) >= 11 is 5.86. The predicted molar refractivity (Wildman–Crippen MR) is 78.1 cm³/mol. The van der Waals surface area contributed by atoms with Gasteiger partial charge in [-0.1, -0.05) is 30.7 Å². The number of hydrogen-bond donors (Lipinski definition) is 1. The van der Waals surface area contributed by atoms with Crippen LogP contribution in [0.25, 0.3) is 0 Å². The zero-order chi connectivity index (χ0) is 13.8. The number of halogens is 1. The van der Waals surface area contributed by atoms with Crippen LogP contribution in [0.3, 0.4) is 0 Å². The molecule has 1 aromatic carbocycles. The Labute approximate surface area is 119 Å². The van der Waals surface area contributed by atoms with Crippen LogP contribution in [0.15, 0.2) is 24.3 Å². The molecule has 1 fully saturated rings. The number of carbonyl (C=O) groups is 1. The van der Waals surface area contributed by atoms with E-state index in [1.54, 1.807) is 4.90 Å². The third-order valence-corrected chi connectivity index (χ3v) is 4.00. The van der Waals surface area contributed by atoms with Gasteiger partial charge in [0.25, 0.3) is 0 Å². The van der Waals surface area contributed by atoms with Gasteiger partial charge < -0.3 is 10.2 Å². The molecule has 0 saturated carbocycles. The SMILES string of the molecule is CC1CCCNC1C(=O)N(C)Cc1ccc(Cl)cc1. The first kappa shape index (κ1) is 14.4. The van der Waals surface area contributed by atoms with Crippen LogP contribution in [0.2, 0.25) is 5.02 Å². The first-order valence-corrected chi connectivity index (χ1v) is 7.18. The number of benzene rings is 1. The van der Waals surface area contributed by atoms with Crippen molar-refractivity contribution in [3.05, 3.63) is 34.9 Å². The second kappa shape index (κ2) is 6.40. The third-order valence-electron chi connectivity index (χ3n) is 3.74. The molecule has 19 heavy (non-hydrogen) atoms. The van der Waals surface area contributed by atoms with Crippen molar-refractivity contribution in [1.82, 2.24) is 10.2 Å². The Morgan fingerprint density at radius 1 is 1.42 bits per heavy atom. The van der Waals surface area contributed by atoms with Crippen molar-refractivity contribution < 1.29 is 4.79 Å². The van der Waals surface area contributed by atoms with Gasteiger partial charge >= 0.3 is 0 Å². The second-order valence-corrected chi connectivity index (χ2v) is 5.81. The highest BCUT2D eigenvalue weighted by atomic mass is 35.5. The molecule has 104 valence electrons. The van der Waals surface area contributed by atoms with Gasteiger partial charge in [-0.2, -0.15) is 0 Å². The number of piperidine rings is 1. The molecule has 1 N–H and O–H groups in total. The van der Waals surface area contributed by atoms with Crippen LogP contribution >= 0.6 is 11.6 Å². The highest BCUT2D eigenvalue weighted by Gasteiger charge is 2.29. The molecular formula is C15H21ClN2O. The van der Waals surface area contributed by atoms with Gasteiger partial charge in [-0.15, -0.1) is 0 Å². The topological polar surface area (TPSA) is 32.3 Å². The summed E-state index contributed by atoms with van der Waals surface area (Å²) in [6.07, 6.45) is 2.28. The quantitative estimate of drug-likeness (QED) is 0.923. The van der Waals surface area contributed by atoms with Crippen molar-refractivity contribution in [3.63, 3.8) is 0 Å². The summed E-state index contributed by atoms with van der Waals surface area (Å²) in [7, 11) is 1.86. The molecule has 1 aliphatic rings. The molecule has 2 rings (SSSR count). The van der Waals surface area contributed by atoms with Gasteiger partial charge in [0.15, 0.2) is 0 Å². The zero-order valence-electron chi connectivity index (χ0n) is 11.5. The maximum Gasteiger partial charge on any atom is 0.240 e. The van der Waals surface area contributed by atoms with Crippen LogP contribution in [0.5, 0.6) is 0 Å². The van der Waals surface area contributed by atoms with Crippen LogP contribution in [-0.4, -0.2) is 30.4 Å². The zero-order valence-corrected chi connectivity index (χ0v) is 12.3. The molecular weight excluding hydrogens is 260 g/mol. The minimum Gasteiger partial charge on any atom is -0.340 e. The minimum absolute atomic E-state index is 0.0361. The highest BCUT2D eigenvalue weighted by Crippen LogP contribution is 2.18. The Morgan fingerprint density at radius 2 is 2.11 bits per heavy atom. The Morgan fingerprint density at radius 3 is 2.74 bits per heavy atom. The maximum absolute atomic E-state index is 12.4. The van der Waals surface area contributed by atoms with Crippen molar-refractivity contribution in [3.8, 4) is 0 Å². The van der Waals surface area contributed by atoms with Crippen molar-refractivity contribution in [2.75, 3.05) is 13.6 Å². The van der Waals surface area contributed by atoms with Crippen molar-refractivity contribution >= 4 is 17.5 Å². The van der Waals surface area contributed by atoms with Gasteiger partial charge in [-0.3, -0.25) is 4.79 Å². The molecule has 0 spiro atoms. The fourth-order valence-electron chi connectivity index (χ4n) is 2.56. The molecule has 3 nitrogen and oxygen atoms in total. The summed E-state index contributed by atoms with van der Waals surface area (Å²) in [5.41, 5.74) is 1.10. The first-order valence-electron chi connectivity index (χ1n) is 6.80. The normalized spacial score (nSPS) is 23.1. The Hall–Kier alpha value is -1.06. The number of hydrogen-bond acceptors (Lipinski definition) is 2. The van der Waals surface area contributed by atoms with Crippen LogP contribution in [-0.2, 0) is 11.3 Å². The van der Waals surface area contributed by atoms with Crippen molar-refractivity contribution in [1.29, 1.82) is 0 Å². The second-order valence-electron chi connectivity index (χ2n) is 5.37. The lowest BCUT2D eigenvalue weighted by Gasteiger charge is -2.32. The number of nitrogens with one attached hydrogen (secondary N) is 1. The standard InChI is InChI=1S/C15H21ClN2O/c1-11-4-3-9-17-14(11)15(19)18(2)10-12-5-7-13(16)8-6-12/h5-8,11,14,17H,3-4,9-10H2,1-2H3. The number of carbonyl (C=O) groups excluding carboxylic acids is 1. The molecule has 4 heteroatoms. The first-order chi connectivity index (χ1) is 9.08. The molecule has 0 aromatic heterocycles. The van der Waals surface area contributed by atoms with Crippen LogP contribution in [0, 0.1) is 5.92 Å². The summed E-state index contributed by atoms with van der Waals surface area (Å²) in [6.45, 7) is 3.71. The fourth-order valence-corrected chi connectivity index (χ4v) is 2.69. The smallest absolute Gasteiger partial charge is 0.240 e. The molecule has 2 atom stereocenters. The van der Waals surface area contributed by atoms with E-state index >= 15 is 0 Å². The van der Waals surface area contributed by atoms with E-state index in [0.717, 1.165) is 30.0 Å². The Balaban J connectivity index is 1.96. The molecule has 0 bridgehead atoms. The monoisotopic (exact) mass is 280 g/mol. The van der Waals surface area contributed by atoms with E-state index in [0.29, 0.717) is 12.5 Å². The minimum atomic E-state index is -0.0361. The van der Waals surface area contributed by atoms with E-state index in [4.69, 9.17) is 11.6 Å². The molecule has 1 aromatic rings. The average molecular weight is 281 g/mol. The van der Waals surface area contributed by atoms with E-state index in [1.807, 2.05) is 31.3 Å². The van der Waals surface area contributed by atoms with E-state index in [-0.39, 0.29) is 11.9 Å². The summed E-state index contributed by atoms with van der Waals surface area (Å²) in [5, 5.41) is 4.05. The number of rotatable bonds is 3. The van der Waals surface area contributed by atoms with Gasteiger partial charge in [0, 0.05) is 18.6 Å². The third kappa shape index (κ3) is 3.71. The van der Waals surface area contributed by atoms with Crippen molar-refractivity contribution in [2.45, 2.75) is 32.4 Å². The average Bonchev–Trinajstić information content (AvgIpc) is 2.41.